The first-order valence-electron chi connectivity index (χ1n) is 3.81. The zero-order valence-electron chi connectivity index (χ0n) is 7.25. The highest BCUT2D eigenvalue weighted by Crippen LogP contribution is 1.99. The van der Waals surface area contributed by atoms with Crippen molar-refractivity contribution in [1.82, 2.24) is 9.55 Å². The maximum atomic E-state index is 10.6. The Morgan fingerprint density at radius 1 is 1.64 bits per heavy atom. The highest BCUT2D eigenvalue weighted by molar-refractivity contribution is 5.75. The molecular formula is C7H10N4O3. The second-order valence-electron chi connectivity index (χ2n) is 2.76. The lowest BCUT2D eigenvalue weighted by molar-refractivity contribution is -0.138. The van der Waals surface area contributed by atoms with Gasteiger partial charge in [0.2, 0.25) is 0 Å². The van der Waals surface area contributed by atoms with E-state index in [9.17, 15) is 9.59 Å². The average Bonchev–Trinajstić information content (AvgIpc) is 2.52. The summed E-state index contributed by atoms with van der Waals surface area (Å²) in [6, 6.07) is -1.70. The number of imidazole rings is 1. The van der Waals surface area contributed by atoms with Gasteiger partial charge in [-0.25, -0.2) is 9.78 Å². The van der Waals surface area contributed by atoms with Gasteiger partial charge in [0, 0.05) is 12.6 Å². The molecule has 1 atom stereocenters. The van der Waals surface area contributed by atoms with E-state index in [1.54, 1.807) is 0 Å². The summed E-state index contributed by atoms with van der Waals surface area (Å²) in [5.74, 6) is -1.11. The van der Waals surface area contributed by atoms with Crippen molar-refractivity contribution in [3.05, 3.63) is 18.2 Å². The fourth-order valence-corrected chi connectivity index (χ4v) is 0.902. The topological polar surface area (TPSA) is 124 Å². The first kappa shape index (κ1) is 10.2. The van der Waals surface area contributed by atoms with Gasteiger partial charge in [0.1, 0.15) is 12.4 Å². The number of rotatable bonds is 3. The molecule has 1 unspecified atom stereocenters. The normalized spacial score (nSPS) is 12.4. The van der Waals surface area contributed by atoms with Crippen LogP contribution in [0.3, 0.4) is 0 Å². The third-order valence-electron chi connectivity index (χ3n) is 1.64. The lowest BCUT2D eigenvalue weighted by atomic mass is 10.2. The van der Waals surface area contributed by atoms with Crippen molar-refractivity contribution in [1.29, 1.82) is 0 Å². The van der Waals surface area contributed by atoms with Crippen LogP contribution in [0, 0.1) is 0 Å². The molecule has 1 amide bonds. The summed E-state index contributed by atoms with van der Waals surface area (Å²) in [6.07, 6.45) is 2.63. The number of carbonyl (C=O) groups excluding carboxylic acids is 1. The highest BCUT2D eigenvalue weighted by atomic mass is 16.4. The van der Waals surface area contributed by atoms with Crippen LogP contribution < -0.4 is 11.5 Å². The van der Waals surface area contributed by atoms with Crippen LogP contribution in [-0.4, -0.2) is 32.7 Å². The Bertz CT molecular complexity index is 360. The van der Waals surface area contributed by atoms with E-state index < -0.39 is 18.0 Å². The predicted molar refractivity (Wildman–Crippen MR) is 46.5 cm³/mol. The van der Waals surface area contributed by atoms with E-state index in [2.05, 4.69) is 4.98 Å². The van der Waals surface area contributed by atoms with Crippen LogP contribution in [0.15, 0.2) is 12.5 Å². The van der Waals surface area contributed by atoms with Crippen LogP contribution in [0.4, 0.5) is 4.79 Å². The summed E-state index contributed by atoms with van der Waals surface area (Å²) >= 11 is 0. The Labute approximate surface area is 79.3 Å². The molecule has 0 fully saturated rings. The molecule has 1 aromatic heterocycles. The fourth-order valence-electron chi connectivity index (χ4n) is 0.902. The number of hydrogen-bond acceptors (Lipinski definition) is 4. The fraction of sp³-hybridized carbons (Fsp3) is 0.286. The second-order valence-corrected chi connectivity index (χ2v) is 2.76. The van der Waals surface area contributed by atoms with E-state index in [1.165, 1.54) is 12.5 Å². The Balaban J connectivity index is 2.69. The smallest absolute Gasteiger partial charge is 0.324 e. The van der Waals surface area contributed by atoms with Crippen molar-refractivity contribution < 1.29 is 14.7 Å². The monoisotopic (exact) mass is 198 g/mol. The Hall–Kier alpha value is -1.89. The molecular weight excluding hydrogens is 188 g/mol. The third kappa shape index (κ3) is 2.30. The first-order valence-corrected chi connectivity index (χ1v) is 3.81. The molecule has 0 saturated carbocycles. The number of primary amides is 1. The number of carboxylic acids is 1. The van der Waals surface area contributed by atoms with Crippen LogP contribution in [0.2, 0.25) is 0 Å². The quantitative estimate of drug-likeness (QED) is 0.560. The minimum absolute atomic E-state index is 0.0651. The van der Waals surface area contributed by atoms with Crippen molar-refractivity contribution in [2.75, 3.05) is 0 Å². The van der Waals surface area contributed by atoms with Gasteiger partial charge in [0.05, 0.1) is 5.69 Å². The molecule has 7 nitrogen and oxygen atoms in total. The van der Waals surface area contributed by atoms with Crippen molar-refractivity contribution >= 4 is 12.0 Å². The number of nitrogens with zero attached hydrogens (tertiary/aromatic N) is 2. The van der Waals surface area contributed by atoms with Crippen molar-refractivity contribution in [3.8, 4) is 0 Å². The van der Waals surface area contributed by atoms with Gasteiger partial charge in [-0.2, -0.15) is 0 Å². The molecule has 5 N–H and O–H groups in total. The number of amides is 1. The van der Waals surface area contributed by atoms with Gasteiger partial charge in [-0.3, -0.25) is 9.36 Å². The van der Waals surface area contributed by atoms with Crippen LogP contribution in [-0.2, 0) is 11.2 Å². The van der Waals surface area contributed by atoms with Crippen molar-refractivity contribution in [3.63, 3.8) is 0 Å². The summed E-state index contributed by atoms with van der Waals surface area (Å²) in [5.41, 5.74) is 10.6. The Morgan fingerprint density at radius 2 is 2.29 bits per heavy atom. The molecule has 0 aromatic carbocycles. The lowest BCUT2D eigenvalue weighted by Gasteiger charge is -2.01. The molecule has 0 aliphatic heterocycles. The summed E-state index contributed by atoms with van der Waals surface area (Å²) in [6.45, 7) is 0. The molecule has 0 saturated heterocycles. The number of carboxylic acid groups (broad SMARTS) is 1. The minimum Gasteiger partial charge on any atom is -0.480 e. The van der Waals surface area contributed by atoms with E-state index >= 15 is 0 Å². The zero-order valence-corrected chi connectivity index (χ0v) is 7.25. The third-order valence-corrected chi connectivity index (χ3v) is 1.64. The van der Waals surface area contributed by atoms with Gasteiger partial charge in [-0.15, -0.1) is 0 Å². The molecule has 7 heteroatoms. The minimum atomic E-state index is -1.11. The number of aromatic nitrogens is 2. The maximum Gasteiger partial charge on any atom is 0.324 e. The van der Waals surface area contributed by atoms with Crippen LogP contribution in [0.1, 0.15) is 5.69 Å². The number of hydrogen-bond donors (Lipinski definition) is 3. The first-order chi connectivity index (χ1) is 6.50. The van der Waals surface area contributed by atoms with Crippen molar-refractivity contribution in [2.45, 2.75) is 12.5 Å². The molecule has 0 spiro atoms. The molecule has 0 aliphatic rings. The molecule has 14 heavy (non-hydrogen) atoms. The van der Waals surface area contributed by atoms with Crippen LogP contribution in [0.25, 0.3) is 0 Å². The Morgan fingerprint density at radius 3 is 2.71 bits per heavy atom. The second kappa shape index (κ2) is 3.88. The molecule has 1 heterocycles. The van der Waals surface area contributed by atoms with E-state index in [1.807, 2.05) is 0 Å². The van der Waals surface area contributed by atoms with Gasteiger partial charge in [-0.1, -0.05) is 0 Å². The summed E-state index contributed by atoms with van der Waals surface area (Å²) in [4.78, 5) is 24.8. The predicted octanol–water partition coefficient (Wildman–Crippen LogP) is -1.24. The zero-order chi connectivity index (χ0) is 10.7. The number of nitrogens with two attached hydrogens (primary N) is 2. The number of aliphatic carboxylic acids is 1. The lowest BCUT2D eigenvalue weighted by Crippen LogP contribution is -2.32. The molecule has 0 bridgehead atoms. The summed E-state index contributed by atoms with van der Waals surface area (Å²) in [5, 5.41) is 8.51. The maximum absolute atomic E-state index is 10.6. The van der Waals surface area contributed by atoms with Crippen molar-refractivity contribution in [2.24, 2.45) is 11.5 Å². The van der Waals surface area contributed by atoms with E-state index in [0.717, 1.165) is 4.57 Å². The highest BCUT2D eigenvalue weighted by Gasteiger charge is 2.14. The van der Waals surface area contributed by atoms with E-state index in [4.69, 9.17) is 16.6 Å². The molecule has 0 radical (unpaired) electrons. The average molecular weight is 198 g/mol. The van der Waals surface area contributed by atoms with Gasteiger partial charge in [-0.05, 0) is 0 Å². The molecule has 1 aromatic rings. The summed E-state index contributed by atoms with van der Waals surface area (Å²) < 4.78 is 1.06. The largest absolute Gasteiger partial charge is 0.480 e. The SMILES string of the molecule is NC(=O)n1cnc(CC(N)C(=O)O)c1. The van der Waals surface area contributed by atoms with Gasteiger partial charge >= 0.3 is 12.0 Å². The van der Waals surface area contributed by atoms with Gasteiger partial charge in [0.25, 0.3) is 0 Å². The summed E-state index contributed by atoms with van der Waals surface area (Å²) in [7, 11) is 0. The number of carbonyl (C=O) groups is 2. The van der Waals surface area contributed by atoms with Gasteiger partial charge < -0.3 is 16.6 Å². The molecule has 76 valence electrons. The van der Waals surface area contributed by atoms with E-state index in [-0.39, 0.29) is 6.42 Å². The molecule has 0 aliphatic carbocycles. The van der Waals surface area contributed by atoms with Crippen LogP contribution >= 0.6 is 0 Å². The molecule has 1 rings (SSSR count). The standard InChI is InChI=1S/C7H10N4O3/c8-5(6(12)13)1-4-2-11(3-10-4)7(9)14/h2-3,5H,1,8H2,(H2,9,14)(H,12,13). The van der Waals surface area contributed by atoms with E-state index in [0.29, 0.717) is 5.69 Å². The van der Waals surface area contributed by atoms with Crippen LogP contribution in [0.5, 0.6) is 0 Å². The Kier molecular flexibility index (Phi) is 2.82. The van der Waals surface area contributed by atoms with Gasteiger partial charge in [0.15, 0.2) is 0 Å².